The molecule has 2 nitrogen and oxygen atoms in total. The van der Waals surface area contributed by atoms with E-state index < -0.39 is 0 Å². The second-order valence-corrected chi connectivity index (χ2v) is 5.31. The van der Waals surface area contributed by atoms with Crippen LogP contribution in [0.25, 0.3) is 5.52 Å². The van der Waals surface area contributed by atoms with Crippen LogP contribution in [0.3, 0.4) is 0 Å². The lowest BCUT2D eigenvalue weighted by molar-refractivity contribution is 0.959. The van der Waals surface area contributed by atoms with Crippen LogP contribution in [0.2, 0.25) is 0 Å². The molecule has 3 heteroatoms. The van der Waals surface area contributed by atoms with Gasteiger partial charge in [-0.1, -0.05) is 29.8 Å². The van der Waals surface area contributed by atoms with Crippen LogP contribution < -0.4 is 0 Å². The topological polar surface area (TPSA) is 17.3 Å². The summed E-state index contributed by atoms with van der Waals surface area (Å²) in [5, 5.41) is 0. The summed E-state index contributed by atoms with van der Waals surface area (Å²) in [5.74, 6) is 1.07. The summed E-state index contributed by atoms with van der Waals surface area (Å²) >= 11 is 3.55. The number of nitrogens with zero attached hydrogens (tertiary/aromatic N) is 2. The van der Waals surface area contributed by atoms with Gasteiger partial charge >= 0.3 is 0 Å². The second kappa shape index (κ2) is 4.58. The molecule has 18 heavy (non-hydrogen) atoms. The summed E-state index contributed by atoms with van der Waals surface area (Å²) in [7, 11) is 0. The van der Waals surface area contributed by atoms with E-state index in [9.17, 15) is 0 Å². The van der Waals surface area contributed by atoms with Crippen molar-refractivity contribution in [2.24, 2.45) is 0 Å². The molecule has 0 aliphatic heterocycles. The van der Waals surface area contributed by atoms with Gasteiger partial charge in [0.25, 0.3) is 0 Å². The number of halogens is 1. The van der Waals surface area contributed by atoms with Crippen molar-refractivity contribution in [3.05, 3.63) is 70.2 Å². The van der Waals surface area contributed by atoms with Gasteiger partial charge in [0.05, 0.1) is 11.7 Å². The zero-order valence-electron chi connectivity index (χ0n) is 10.1. The largest absolute Gasteiger partial charge is 0.302 e. The number of imidazole rings is 1. The van der Waals surface area contributed by atoms with Gasteiger partial charge in [0, 0.05) is 17.1 Å². The van der Waals surface area contributed by atoms with E-state index in [-0.39, 0.29) is 0 Å². The Morgan fingerprint density at radius 1 is 1.22 bits per heavy atom. The SMILES string of the molecule is Cc1cccc(Cc2ncc3c(Br)cccn23)c1. The Kier molecular flexibility index (Phi) is 2.92. The van der Waals surface area contributed by atoms with Crippen LogP contribution in [-0.4, -0.2) is 9.38 Å². The van der Waals surface area contributed by atoms with Gasteiger partial charge in [0.15, 0.2) is 0 Å². The van der Waals surface area contributed by atoms with Crippen molar-refractivity contribution in [3.8, 4) is 0 Å². The first kappa shape index (κ1) is 11.5. The number of benzene rings is 1. The van der Waals surface area contributed by atoms with Crippen LogP contribution in [-0.2, 0) is 6.42 Å². The molecule has 0 aliphatic rings. The molecule has 0 spiro atoms. The fourth-order valence-corrected chi connectivity index (χ4v) is 2.62. The molecule has 0 N–H and O–H groups in total. The first-order chi connectivity index (χ1) is 8.74. The van der Waals surface area contributed by atoms with E-state index in [0.29, 0.717) is 0 Å². The average molecular weight is 301 g/mol. The molecule has 0 saturated carbocycles. The van der Waals surface area contributed by atoms with Gasteiger partial charge in [0.2, 0.25) is 0 Å². The smallest absolute Gasteiger partial charge is 0.117 e. The molecular formula is C15H13BrN2. The average Bonchev–Trinajstić information content (AvgIpc) is 2.74. The standard InChI is InChI=1S/C15H13BrN2/c1-11-4-2-5-12(8-11)9-15-17-10-14-13(16)6-3-7-18(14)15/h2-8,10H,9H2,1H3. The highest BCUT2D eigenvalue weighted by atomic mass is 79.9. The molecule has 0 amide bonds. The molecule has 0 fully saturated rings. The van der Waals surface area contributed by atoms with E-state index >= 15 is 0 Å². The fourth-order valence-electron chi connectivity index (χ4n) is 2.18. The maximum atomic E-state index is 4.51. The summed E-state index contributed by atoms with van der Waals surface area (Å²) in [6, 6.07) is 12.6. The van der Waals surface area contributed by atoms with Crippen molar-refractivity contribution in [3.63, 3.8) is 0 Å². The molecule has 0 bridgehead atoms. The minimum absolute atomic E-state index is 0.853. The lowest BCUT2D eigenvalue weighted by Crippen LogP contribution is -1.96. The van der Waals surface area contributed by atoms with E-state index in [1.165, 1.54) is 11.1 Å². The van der Waals surface area contributed by atoms with Crippen LogP contribution >= 0.6 is 15.9 Å². The van der Waals surface area contributed by atoms with Gasteiger partial charge in [-0.15, -0.1) is 0 Å². The highest BCUT2D eigenvalue weighted by molar-refractivity contribution is 9.10. The second-order valence-electron chi connectivity index (χ2n) is 4.45. The van der Waals surface area contributed by atoms with Crippen LogP contribution in [0.1, 0.15) is 17.0 Å². The van der Waals surface area contributed by atoms with Gasteiger partial charge in [-0.3, -0.25) is 0 Å². The van der Waals surface area contributed by atoms with E-state index in [0.717, 1.165) is 22.2 Å². The Balaban J connectivity index is 2.03. The van der Waals surface area contributed by atoms with Gasteiger partial charge in [0.1, 0.15) is 5.82 Å². The molecule has 3 aromatic rings. The Labute approximate surface area is 114 Å². The molecule has 90 valence electrons. The van der Waals surface area contributed by atoms with E-state index in [1.807, 2.05) is 18.3 Å². The van der Waals surface area contributed by atoms with Crippen molar-refractivity contribution in [2.75, 3.05) is 0 Å². The third-order valence-corrected chi connectivity index (χ3v) is 3.71. The first-order valence-electron chi connectivity index (χ1n) is 5.90. The van der Waals surface area contributed by atoms with Crippen LogP contribution in [0, 0.1) is 6.92 Å². The van der Waals surface area contributed by atoms with Crippen molar-refractivity contribution >= 4 is 21.4 Å². The van der Waals surface area contributed by atoms with Gasteiger partial charge in [-0.25, -0.2) is 4.98 Å². The monoisotopic (exact) mass is 300 g/mol. The minimum Gasteiger partial charge on any atom is -0.302 e. The molecule has 0 atom stereocenters. The number of hydrogen-bond acceptors (Lipinski definition) is 1. The van der Waals surface area contributed by atoms with Gasteiger partial charge < -0.3 is 4.40 Å². The molecule has 3 rings (SSSR count). The van der Waals surface area contributed by atoms with E-state index in [1.54, 1.807) is 0 Å². The van der Waals surface area contributed by atoms with E-state index in [4.69, 9.17) is 0 Å². The van der Waals surface area contributed by atoms with Crippen LogP contribution in [0.15, 0.2) is 53.3 Å². The first-order valence-corrected chi connectivity index (χ1v) is 6.69. The Bertz CT molecular complexity index is 701. The maximum Gasteiger partial charge on any atom is 0.117 e. The van der Waals surface area contributed by atoms with E-state index in [2.05, 4.69) is 62.7 Å². The fraction of sp³-hybridized carbons (Fsp3) is 0.133. The summed E-state index contributed by atoms with van der Waals surface area (Å²) in [6.45, 7) is 2.11. The van der Waals surface area contributed by atoms with Crippen molar-refractivity contribution in [1.82, 2.24) is 9.38 Å². The predicted octanol–water partition coefficient (Wildman–Crippen LogP) is 4.00. The Morgan fingerprint density at radius 2 is 2.11 bits per heavy atom. The summed E-state index contributed by atoms with van der Waals surface area (Å²) < 4.78 is 3.21. The van der Waals surface area contributed by atoms with Gasteiger partial charge in [-0.05, 0) is 40.5 Å². The summed E-state index contributed by atoms with van der Waals surface area (Å²) in [4.78, 5) is 4.51. The normalized spacial score (nSPS) is 11.0. The number of pyridine rings is 1. The molecule has 2 heterocycles. The van der Waals surface area contributed by atoms with Crippen molar-refractivity contribution in [1.29, 1.82) is 0 Å². The Morgan fingerprint density at radius 3 is 2.94 bits per heavy atom. The highest BCUT2D eigenvalue weighted by Gasteiger charge is 2.06. The zero-order chi connectivity index (χ0) is 12.5. The van der Waals surface area contributed by atoms with Crippen molar-refractivity contribution in [2.45, 2.75) is 13.3 Å². The molecule has 0 radical (unpaired) electrons. The lowest BCUT2D eigenvalue weighted by Gasteiger charge is -2.03. The summed E-state index contributed by atoms with van der Waals surface area (Å²) in [5.41, 5.74) is 3.69. The summed E-state index contributed by atoms with van der Waals surface area (Å²) in [6.07, 6.45) is 4.82. The number of rotatable bonds is 2. The Hall–Kier alpha value is -1.61. The number of aromatic nitrogens is 2. The van der Waals surface area contributed by atoms with Crippen LogP contribution in [0.4, 0.5) is 0 Å². The molecule has 0 unspecified atom stereocenters. The lowest BCUT2D eigenvalue weighted by atomic mass is 10.1. The maximum absolute atomic E-state index is 4.51. The number of fused-ring (bicyclic) bond motifs is 1. The van der Waals surface area contributed by atoms with Gasteiger partial charge in [-0.2, -0.15) is 0 Å². The number of hydrogen-bond donors (Lipinski definition) is 0. The van der Waals surface area contributed by atoms with Crippen molar-refractivity contribution < 1.29 is 0 Å². The molecule has 1 aromatic carbocycles. The molecule has 0 aliphatic carbocycles. The minimum atomic E-state index is 0.853. The number of aryl methyl sites for hydroxylation is 1. The molecular weight excluding hydrogens is 288 g/mol. The quantitative estimate of drug-likeness (QED) is 0.699. The van der Waals surface area contributed by atoms with Crippen LogP contribution in [0.5, 0.6) is 0 Å². The molecule has 2 aromatic heterocycles. The highest BCUT2D eigenvalue weighted by Crippen LogP contribution is 2.20. The third-order valence-electron chi connectivity index (χ3n) is 3.04. The molecule has 0 saturated heterocycles. The zero-order valence-corrected chi connectivity index (χ0v) is 11.7. The third kappa shape index (κ3) is 2.06. The predicted molar refractivity (Wildman–Crippen MR) is 76.9 cm³/mol.